The molecule has 0 saturated carbocycles. The molecule has 0 aliphatic carbocycles. The molecule has 3 nitrogen and oxygen atoms in total. The van der Waals surface area contributed by atoms with Crippen LogP contribution in [0, 0.1) is 0 Å². The van der Waals surface area contributed by atoms with Crippen molar-refractivity contribution in [3.05, 3.63) is 22.4 Å². The molecule has 1 rings (SSSR count). The molecule has 0 fully saturated rings. The largest absolute Gasteiger partial charge is 0.355 e. The van der Waals surface area contributed by atoms with Crippen LogP contribution in [0.25, 0.3) is 0 Å². The van der Waals surface area contributed by atoms with Crippen molar-refractivity contribution >= 4 is 17.2 Å². The van der Waals surface area contributed by atoms with Crippen molar-refractivity contribution in [1.29, 1.82) is 0 Å². The molecule has 0 atom stereocenters. The van der Waals surface area contributed by atoms with E-state index in [9.17, 15) is 4.79 Å². The highest BCUT2D eigenvalue weighted by Gasteiger charge is 2.08. The highest BCUT2D eigenvalue weighted by molar-refractivity contribution is 7.09. The molecule has 0 radical (unpaired) electrons. The lowest BCUT2D eigenvalue weighted by Crippen LogP contribution is -2.36. The van der Waals surface area contributed by atoms with Gasteiger partial charge in [0.25, 0.3) is 0 Å². The monoisotopic (exact) mass is 226 g/mol. The second-order valence-corrected chi connectivity index (χ2v) is 4.37. The van der Waals surface area contributed by atoms with E-state index in [1.54, 1.807) is 11.3 Å². The summed E-state index contributed by atoms with van der Waals surface area (Å²) in [7, 11) is 0. The lowest BCUT2D eigenvalue weighted by molar-refractivity contribution is -0.122. The smallest absolute Gasteiger partial charge is 0.234 e. The Hall–Kier alpha value is -0.870. The maximum atomic E-state index is 11.4. The second-order valence-electron chi connectivity index (χ2n) is 3.34. The summed E-state index contributed by atoms with van der Waals surface area (Å²) in [5.74, 6) is 0.107. The number of likely N-dealkylation sites (N-methyl/N-ethyl adjacent to an activating group) is 2. The first-order chi connectivity index (χ1) is 7.26. The maximum absolute atomic E-state index is 11.4. The molecule has 1 heterocycles. The summed E-state index contributed by atoms with van der Waals surface area (Å²) in [5.41, 5.74) is 0. The fourth-order valence-corrected chi connectivity index (χ4v) is 2.10. The number of thiophene rings is 1. The molecule has 1 aromatic rings. The number of carbonyl (C=O) groups is 1. The van der Waals surface area contributed by atoms with Gasteiger partial charge in [0, 0.05) is 18.0 Å². The van der Waals surface area contributed by atoms with Crippen LogP contribution in [0.15, 0.2) is 17.5 Å². The van der Waals surface area contributed by atoms with Gasteiger partial charge in [-0.3, -0.25) is 9.69 Å². The van der Waals surface area contributed by atoms with Gasteiger partial charge in [-0.1, -0.05) is 13.0 Å². The van der Waals surface area contributed by atoms with E-state index in [0.29, 0.717) is 13.1 Å². The van der Waals surface area contributed by atoms with Gasteiger partial charge in [0.1, 0.15) is 0 Å². The quantitative estimate of drug-likeness (QED) is 0.801. The molecular weight excluding hydrogens is 208 g/mol. The first kappa shape index (κ1) is 12.2. The lowest BCUT2D eigenvalue weighted by atomic mass is 10.4. The average Bonchev–Trinajstić information content (AvgIpc) is 2.70. The summed E-state index contributed by atoms with van der Waals surface area (Å²) in [6.07, 6.45) is 0. The Morgan fingerprint density at radius 2 is 2.33 bits per heavy atom. The zero-order valence-electron chi connectivity index (χ0n) is 9.32. The van der Waals surface area contributed by atoms with Gasteiger partial charge < -0.3 is 5.32 Å². The highest BCUT2D eigenvalue weighted by atomic mass is 32.1. The topological polar surface area (TPSA) is 32.3 Å². The summed E-state index contributed by atoms with van der Waals surface area (Å²) in [6.45, 7) is 6.97. The molecule has 0 aliphatic rings. The fourth-order valence-electron chi connectivity index (χ4n) is 1.36. The summed E-state index contributed by atoms with van der Waals surface area (Å²) in [6, 6.07) is 4.14. The van der Waals surface area contributed by atoms with E-state index in [2.05, 4.69) is 28.6 Å². The molecule has 4 heteroatoms. The van der Waals surface area contributed by atoms with Crippen LogP contribution < -0.4 is 5.32 Å². The molecule has 15 heavy (non-hydrogen) atoms. The molecule has 84 valence electrons. The second kappa shape index (κ2) is 6.58. The van der Waals surface area contributed by atoms with E-state index in [-0.39, 0.29) is 5.91 Å². The van der Waals surface area contributed by atoms with E-state index in [4.69, 9.17) is 0 Å². The third-order valence-electron chi connectivity index (χ3n) is 2.15. The van der Waals surface area contributed by atoms with E-state index >= 15 is 0 Å². The highest BCUT2D eigenvalue weighted by Crippen LogP contribution is 2.11. The first-order valence-corrected chi connectivity index (χ1v) is 6.15. The Kier molecular flexibility index (Phi) is 5.36. The molecule has 0 saturated heterocycles. The Bertz CT molecular complexity index is 285. The molecule has 0 spiro atoms. The van der Waals surface area contributed by atoms with Gasteiger partial charge in [0.15, 0.2) is 0 Å². The third kappa shape index (κ3) is 4.44. The van der Waals surface area contributed by atoms with Crippen molar-refractivity contribution in [3.8, 4) is 0 Å². The van der Waals surface area contributed by atoms with Gasteiger partial charge >= 0.3 is 0 Å². The van der Waals surface area contributed by atoms with Crippen molar-refractivity contribution in [2.45, 2.75) is 20.4 Å². The Balaban J connectivity index is 2.39. The van der Waals surface area contributed by atoms with E-state index in [1.165, 1.54) is 4.88 Å². The predicted octanol–water partition coefficient (Wildman–Crippen LogP) is 1.71. The van der Waals surface area contributed by atoms with Crippen LogP contribution in [0.2, 0.25) is 0 Å². The number of nitrogens with zero attached hydrogens (tertiary/aromatic N) is 1. The molecule has 0 aromatic carbocycles. The summed E-state index contributed by atoms with van der Waals surface area (Å²) < 4.78 is 0. The fraction of sp³-hybridized carbons (Fsp3) is 0.545. The Morgan fingerprint density at radius 3 is 2.87 bits per heavy atom. The SMILES string of the molecule is CCNC(=O)CN(CC)Cc1cccs1. The lowest BCUT2D eigenvalue weighted by Gasteiger charge is -2.18. The van der Waals surface area contributed by atoms with Gasteiger partial charge in [-0.25, -0.2) is 0 Å². The minimum Gasteiger partial charge on any atom is -0.355 e. The number of hydrogen-bond acceptors (Lipinski definition) is 3. The molecule has 1 amide bonds. The maximum Gasteiger partial charge on any atom is 0.234 e. The third-order valence-corrected chi connectivity index (χ3v) is 3.01. The van der Waals surface area contributed by atoms with Gasteiger partial charge in [-0.2, -0.15) is 0 Å². The number of carbonyl (C=O) groups excluding carboxylic acids is 1. The van der Waals surface area contributed by atoms with Crippen LogP contribution in [0.1, 0.15) is 18.7 Å². The van der Waals surface area contributed by atoms with Crippen molar-refractivity contribution in [3.63, 3.8) is 0 Å². The van der Waals surface area contributed by atoms with Crippen molar-refractivity contribution in [2.24, 2.45) is 0 Å². The first-order valence-electron chi connectivity index (χ1n) is 5.27. The zero-order chi connectivity index (χ0) is 11.1. The van der Waals surface area contributed by atoms with Crippen molar-refractivity contribution in [1.82, 2.24) is 10.2 Å². The van der Waals surface area contributed by atoms with Crippen molar-refractivity contribution in [2.75, 3.05) is 19.6 Å². The Labute approximate surface area is 95.1 Å². The molecule has 1 aromatic heterocycles. The van der Waals surface area contributed by atoms with Crippen LogP contribution in [0.4, 0.5) is 0 Å². The number of hydrogen-bond donors (Lipinski definition) is 1. The van der Waals surface area contributed by atoms with Crippen LogP contribution >= 0.6 is 11.3 Å². The molecule has 0 aliphatic heterocycles. The van der Waals surface area contributed by atoms with Crippen LogP contribution in [-0.4, -0.2) is 30.4 Å². The number of rotatable bonds is 6. The normalized spacial score (nSPS) is 10.6. The molecule has 0 unspecified atom stereocenters. The Morgan fingerprint density at radius 1 is 1.53 bits per heavy atom. The van der Waals surface area contributed by atoms with E-state index in [0.717, 1.165) is 13.1 Å². The summed E-state index contributed by atoms with van der Waals surface area (Å²) in [4.78, 5) is 14.8. The summed E-state index contributed by atoms with van der Waals surface area (Å²) in [5, 5.41) is 4.88. The van der Waals surface area contributed by atoms with E-state index < -0.39 is 0 Å². The molecule has 0 bridgehead atoms. The van der Waals surface area contributed by atoms with Crippen LogP contribution in [0.3, 0.4) is 0 Å². The minimum absolute atomic E-state index is 0.107. The summed E-state index contributed by atoms with van der Waals surface area (Å²) >= 11 is 1.73. The standard InChI is InChI=1S/C11H18N2OS/c1-3-12-11(14)9-13(4-2)8-10-6-5-7-15-10/h5-7H,3-4,8-9H2,1-2H3,(H,12,14). The van der Waals surface area contributed by atoms with Gasteiger partial charge in [-0.15, -0.1) is 11.3 Å². The number of amides is 1. The van der Waals surface area contributed by atoms with Gasteiger partial charge in [-0.05, 0) is 24.9 Å². The van der Waals surface area contributed by atoms with Crippen LogP contribution in [-0.2, 0) is 11.3 Å². The molecular formula is C11H18N2OS. The van der Waals surface area contributed by atoms with Gasteiger partial charge in [0.05, 0.1) is 6.54 Å². The molecule has 1 N–H and O–H groups in total. The van der Waals surface area contributed by atoms with E-state index in [1.807, 2.05) is 13.0 Å². The van der Waals surface area contributed by atoms with Gasteiger partial charge in [0.2, 0.25) is 5.91 Å². The number of nitrogens with one attached hydrogen (secondary N) is 1. The zero-order valence-corrected chi connectivity index (χ0v) is 10.1. The van der Waals surface area contributed by atoms with Crippen LogP contribution in [0.5, 0.6) is 0 Å². The minimum atomic E-state index is 0.107. The average molecular weight is 226 g/mol. The van der Waals surface area contributed by atoms with Crippen molar-refractivity contribution < 1.29 is 4.79 Å². The predicted molar refractivity (Wildman–Crippen MR) is 64.0 cm³/mol.